The van der Waals surface area contributed by atoms with E-state index in [1.54, 1.807) is 7.11 Å². The van der Waals surface area contributed by atoms with Crippen LogP contribution in [-0.4, -0.2) is 20.7 Å². The second kappa shape index (κ2) is 5.35. The normalized spacial score (nSPS) is 14.6. The molecule has 0 spiro atoms. The van der Waals surface area contributed by atoms with Gasteiger partial charge in [-0.05, 0) is 62.4 Å². The Balaban J connectivity index is 2.31. The summed E-state index contributed by atoms with van der Waals surface area (Å²) in [6, 6.07) is 4.53. The highest BCUT2D eigenvalue weighted by Crippen LogP contribution is 2.32. The van der Waals surface area contributed by atoms with Gasteiger partial charge in [-0.3, -0.25) is 0 Å². The van der Waals surface area contributed by atoms with E-state index in [0.29, 0.717) is 0 Å². The number of methoxy groups -OCH3 is 1. The average molecular weight is 219 g/mol. The monoisotopic (exact) mass is 219 g/mol. The molecule has 0 amide bonds. The van der Waals surface area contributed by atoms with Crippen molar-refractivity contribution in [1.82, 2.24) is 5.32 Å². The molecule has 1 aromatic rings. The first-order chi connectivity index (χ1) is 7.86. The number of nitrogens with one attached hydrogen (secondary N) is 1. The molecule has 2 heteroatoms. The van der Waals surface area contributed by atoms with Crippen molar-refractivity contribution in [3.63, 3.8) is 0 Å². The standard InChI is InChI=1S/C14H21NO/c1-15-10-9-12-8-7-11-5-3-4-6-13(11)14(12)16-2/h7-8,15H,3-6,9-10H2,1-2H3. The van der Waals surface area contributed by atoms with E-state index in [2.05, 4.69) is 17.4 Å². The van der Waals surface area contributed by atoms with E-state index in [1.165, 1.54) is 42.4 Å². The van der Waals surface area contributed by atoms with E-state index in [9.17, 15) is 0 Å². The quantitative estimate of drug-likeness (QED) is 0.839. The maximum atomic E-state index is 5.61. The summed E-state index contributed by atoms with van der Waals surface area (Å²) in [6.07, 6.45) is 6.09. The minimum Gasteiger partial charge on any atom is -0.496 e. The summed E-state index contributed by atoms with van der Waals surface area (Å²) in [6.45, 7) is 1.01. The molecule has 0 aliphatic heterocycles. The van der Waals surface area contributed by atoms with Crippen LogP contribution in [0.25, 0.3) is 0 Å². The van der Waals surface area contributed by atoms with Gasteiger partial charge in [-0.15, -0.1) is 0 Å². The van der Waals surface area contributed by atoms with Gasteiger partial charge >= 0.3 is 0 Å². The Morgan fingerprint density at radius 3 is 2.81 bits per heavy atom. The van der Waals surface area contributed by atoms with Crippen LogP contribution in [0.3, 0.4) is 0 Å². The van der Waals surface area contributed by atoms with Crippen LogP contribution in [0.2, 0.25) is 0 Å². The maximum Gasteiger partial charge on any atom is 0.125 e. The van der Waals surface area contributed by atoms with Crippen molar-refractivity contribution in [3.8, 4) is 5.75 Å². The summed E-state index contributed by atoms with van der Waals surface area (Å²) in [5.74, 6) is 1.15. The predicted molar refractivity (Wildman–Crippen MR) is 67.3 cm³/mol. The molecule has 1 N–H and O–H groups in total. The minimum absolute atomic E-state index is 1.01. The molecule has 0 saturated carbocycles. The number of benzene rings is 1. The number of hydrogen-bond donors (Lipinski definition) is 1. The first-order valence-electron chi connectivity index (χ1n) is 6.19. The second-order valence-electron chi connectivity index (χ2n) is 4.46. The van der Waals surface area contributed by atoms with Gasteiger partial charge in [0.05, 0.1) is 7.11 Å². The molecule has 0 saturated heterocycles. The van der Waals surface area contributed by atoms with E-state index < -0.39 is 0 Å². The van der Waals surface area contributed by atoms with E-state index in [4.69, 9.17) is 4.74 Å². The van der Waals surface area contributed by atoms with Crippen LogP contribution in [0.15, 0.2) is 12.1 Å². The van der Waals surface area contributed by atoms with Crippen molar-refractivity contribution < 1.29 is 4.74 Å². The highest BCUT2D eigenvalue weighted by Gasteiger charge is 2.16. The highest BCUT2D eigenvalue weighted by atomic mass is 16.5. The number of fused-ring (bicyclic) bond motifs is 1. The number of hydrogen-bond acceptors (Lipinski definition) is 2. The summed E-state index contributed by atoms with van der Waals surface area (Å²) in [5, 5.41) is 3.19. The van der Waals surface area contributed by atoms with Gasteiger partial charge in [0, 0.05) is 0 Å². The van der Waals surface area contributed by atoms with Crippen molar-refractivity contribution in [1.29, 1.82) is 0 Å². The largest absolute Gasteiger partial charge is 0.496 e. The Labute approximate surface area is 98.0 Å². The molecule has 0 radical (unpaired) electrons. The molecule has 16 heavy (non-hydrogen) atoms. The zero-order valence-electron chi connectivity index (χ0n) is 10.3. The Morgan fingerprint density at radius 1 is 1.25 bits per heavy atom. The molecule has 1 aliphatic rings. The van der Waals surface area contributed by atoms with Crippen molar-refractivity contribution >= 4 is 0 Å². The van der Waals surface area contributed by atoms with Gasteiger partial charge in [-0.1, -0.05) is 12.1 Å². The first kappa shape index (κ1) is 11.5. The fraction of sp³-hybridized carbons (Fsp3) is 0.571. The van der Waals surface area contributed by atoms with Crippen molar-refractivity contribution in [2.45, 2.75) is 32.1 Å². The lowest BCUT2D eigenvalue weighted by molar-refractivity contribution is 0.400. The summed E-state index contributed by atoms with van der Waals surface area (Å²) in [7, 11) is 3.79. The highest BCUT2D eigenvalue weighted by molar-refractivity contribution is 5.47. The molecule has 0 aromatic heterocycles. The molecule has 0 atom stereocenters. The minimum atomic E-state index is 1.01. The maximum absolute atomic E-state index is 5.61. The average Bonchev–Trinajstić information content (AvgIpc) is 2.35. The van der Waals surface area contributed by atoms with E-state index in [-0.39, 0.29) is 0 Å². The van der Waals surface area contributed by atoms with Crippen molar-refractivity contribution in [3.05, 3.63) is 28.8 Å². The lowest BCUT2D eigenvalue weighted by Gasteiger charge is -2.21. The SMILES string of the molecule is CNCCc1ccc2c(c1OC)CCCC2. The molecule has 2 rings (SSSR count). The van der Waals surface area contributed by atoms with Crippen molar-refractivity contribution in [2.75, 3.05) is 20.7 Å². The molecule has 2 nitrogen and oxygen atoms in total. The van der Waals surface area contributed by atoms with Gasteiger partial charge in [-0.2, -0.15) is 0 Å². The van der Waals surface area contributed by atoms with Gasteiger partial charge in [0.25, 0.3) is 0 Å². The predicted octanol–water partition coefficient (Wildman–Crippen LogP) is 2.34. The summed E-state index contributed by atoms with van der Waals surface area (Å²) in [5.41, 5.74) is 4.30. The summed E-state index contributed by atoms with van der Waals surface area (Å²) < 4.78 is 5.61. The smallest absolute Gasteiger partial charge is 0.125 e. The molecule has 0 bridgehead atoms. The second-order valence-corrected chi connectivity index (χ2v) is 4.46. The number of rotatable bonds is 4. The Hall–Kier alpha value is -1.02. The van der Waals surface area contributed by atoms with Gasteiger partial charge in [0.15, 0.2) is 0 Å². The molecule has 0 heterocycles. The van der Waals surface area contributed by atoms with E-state index >= 15 is 0 Å². The van der Waals surface area contributed by atoms with Crippen LogP contribution >= 0.6 is 0 Å². The number of likely N-dealkylation sites (N-methyl/N-ethyl adjacent to an activating group) is 1. The fourth-order valence-corrected chi connectivity index (χ4v) is 2.55. The third-order valence-corrected chi connectivity index (χ3v) is 3.41. The van der Waals surface area contributed by atoms with Crippen LogP contribution in [0, 0.1) is 0 Å². The number of ether oxygens (including phenoxy) is 1. The summed E-state index contributed by atoms with van der Waals surface area (Å²) >= 11 is 0. The Kier molecular flexibility index (Phi) is 3.83. The molecule has 1 aromatic carbocycles. The summed E-state index contributed by atoms with van der Waals surface area (Å²) in [4.78, 5) is 0. The van der Waals surface area contributed by atoms with Crippen LogP contribution in [0.1, 0.15) is 29.5 Å². The zero-order chi connectivity index (χ0) is 11.4. The lowest BCUT2D eigenvalue weighted by atomic mass is 9.89. The molecular weight excluding hydrogens is 198 g/mol. The molecule has 88 valence electrons. The van der Waals surface area contributed by atoms with Gasteiger partial charge in [0.1, 0.15) is 5.75 Å². The Bertz CT molecular complexity index is 360. The van der Waals surface area contributed by atoms with Gasteiger partial charge < -0.3 is 10.1 Å². The lowest BCUT2D eigenvalue weighted by Crippen LogP contribution is -2.13. The molecule has 1 aliphatic carbocycles. The molecule has 0 fully saturated rings. The molecule has 0 unspecified atom stereocenters. The van der Waals surface area contributed by atoms with Gasteiger partial charge in [0.2, 0.25) is 0 Å². The van der Waals surface area contributed by atoms with Gasteiger partial charge in [-0.25, -0.2) is 0 Å². The van der Waals surface area contributed by atoms with Crippen molar-refractivity contribution in [2.24, 2.45) is 0 Å². The third kappa shape index (κ3) is 2.22. The fourth-order valence-electron chi connectivity index (χ4n) is 2.55. The van der Waals surface area contributed by atoms with Crippen LogP contribution in [0.4, 0.5) is 0 Å². The number of aryl methyl sites for hydroxylation is 1. The van der Waals surface area contributed by atoms with E-state index in [1.807, 2.05) is 7.05 Å². The first-order valence-corrected chi connectivity index (χ1v) is 6.19. The zero-order valence-corrected chi connectivity index (χ0v) is 10.3. The molecular formula is C14H21NO. The third-order valence-electron chi connectivity index (χ3n) is 3.41. The Morgan fingerprint density at radius 2 is 2.06 bits per heavy atom. The van der Waals surface area contributed by atoms with Crippen LogP contribution < -0.4 is 10.1 Å². The van der Waals surface area contributed by atoms with Crippen LogP contribution in [0.5, 0.6) is 5.75 Å². The van der Waals surface area contributed by atoms with Crippen LogP contribution in [-0.2, 0) is 19.3 Å². The van der Waals surface area contributed by atoms with E-state index in [0.717, 1.165) is 18.7 Å². The topological polar surface area (TPSA) is 21.3 Å².